The third-order valence-electron chi connectivity index (χ3n) is 4.83. The molecular formula is C23H16ClFN4O3S. The molecule has 1 aliphatic rings. The summed E-state index contributed by atoms with van der Waals surface area (Å²) >= 11 is 7.50. The molecule has 10 heteroatoms. The number of amides is 1. The van der Waals surface area contributed by atoms with Crippen molar-refractivity contribution in [2.24, 2.45) is 0 Å². The van der Waals surface area contributed by atoms with Gasteiger partial charge >= 0.3 is 0 Å². The number of para-hydroxylation sites is 1. The van der Waals surface area contributed by atoms with Gasteiger partial charge in [-0.15, -0.1) is 10.2 Å². The quantitative estimate of drug-likeness (QED) is 0.381. The van der Waals surface area contributed by atoms with Crippen LogP contribution in [-0.4, -0.2) is 33.2 Å². The third-order valence-corrected chi connectivity index (χ3v) is 6.09. The lowest BCUT2D eigenvalue weighted by Gasteiger charge is -2.12. The highest BCUT2D eigenvalue weighted by atomic mass is 35.5. The smallest absolute Gasteiger partial charge is 0.234 e. The number of hydrogen-bond donors (Lipinski definition) is 1. The summed E-state index contributed by atoms with van der Waals surface area (Å²) in [5, 5.41) is 12.1. The van der Waals surface area contributed by atoms with Crippen LogP contribution in [0.5, 0.6) is 11.5 Å². The first-order chi connectivity index (χ1) is 16.1. The maximum Gasteiger partial charge on any atom is 0.234 e. The van der Waals surface area contributed by atoms with Crippen molar-refractivity contribution in [2.45, 2.75) is 5.16 Å². The second kappa shape index (κ2) is 9.13. The lowest BCUT2D eigenvalue weighted by atomic mass is 10.2. The van der Waals surface area contributed by atoms with Gasteiger partial charge < -0.3 is 14.8 Å². The summed E-state index contributed by atoms with van der Waals surface area (Å²) in [7, 11) is 0. The number of aromatic nitrogens is 3. The predicted molar refractivity (Wildman–Crippen MR) is 124 cm³/mol. The fourth-order valence-electron chi connectivity index (χ4n) is 3.33. The standard InChI is InChI=1S/C23H16ClFN4O3S/c24-16-6-2-1-5-15(16)22-27-28-23(29(22)18-8-4-3-7-17(18)25)33-12-21(30)26-14-9-10-19-20(11-14)32-13-31-19/h1-11H,12-13H2,(H,26,30). The first-order valence-electron chi connectivity index (χ1n) is 9.87. The van der Waals surface area contributed by atoms with E-state index >= 15 is 0 Å². The maximum atomic E-state index is 14.7. The van der Waals surface area contributed by atoms with Crippen LogP contribution >= 0.6 is 23.4 Å². The number of benzene rings is 3. The van der Waals surface area contributed by atoms with Crippen molar-refractivity contribution in [2.75, 3.05) is 17.9 Å². The van der Waals surface area contributed by atoms with Gasteiger partial charge in [-0.05, 0) is 36.4 Å². The minimum Gasteiger partial charge on any atom is -0.454 e. The Balaban J connectivity index is 1.41. The Morgan fingerprint density at radius 1 is 1.06 bits per heavy atom. The molecule has 7 nitrogen and oxygen atoms in total. The van der Waals surface area contributed by atoms with Gasteiger partial charge in [0.25, 0.3) is 0 Å². The van der Waals surface area contributed by atoms with Crippen LogP contribution in [0.3, 0.4) is 0 Å². The zero-order valence-electron chi connectivity index (χ0n) is 17.0. The molecule has 1 aliphatic heterocycles. The third kappa shape index (κ3) is 4.37. The molecule has 1 amide bonds. The SMILES string of the molecule is O=C(CSc1nnc(-c2ccccc2Cl)n1-c1ccccc1F)Nc1ccc2c(c1)OCO2. The lowest BCUT2D eigenvalue weighted by molar-refractivity contribution is -0.113. The minimum absolute atomic E-state index is 0.0313. The van der Waals surface area contributed by atoms with Crippen molar-refractivity contribution in [1.82, 2.24) is 14.8 Å². The van der Waals surface area contributed by atoms with E-state index in [1.807, 2.05) is 6.07 Å². The summed E-state index contributed by atoms with van der Waals surface area (Å²) in [4.78, 5) is 12.6. The molecule has 3 aromatic carbocycles. The molecule has 0 saturated carbocycles. The lowest BCUT2D eigenvalue weighted by Crippen LogP contribution is -2.14. The van der Waals surface area contributed by atoms with Gasteiger partial charge in [-0.2, -0.15) is 0 Å². The number of thioether (sulfide) groups is 1. The van der Waals surface area contributed by atoms with E-state index < -0.39 is 5.82 Å². The highest BCUT2D eigenvalue weighted by Crippen LogP contribution is 2.35. The van der Waals surface area contributed by atoms with Gasteiger partial charge in [-0.25, -0.2) is 4.39 Å². The van der Waals surface area contributed by atoms with E-state index in [1.54, 1.807) is 59.2 Å². The Bertz CT molecular complexity index is 1350. The van der Waals surface area contributed by atoms with Gasteiger partial charge in [0.1, 0.15) is 5.82 Å². The van der Waals surface area contributed by atoms with Crippen LogP contribution in [0.4, 0.5) is 10.1 Å². The molecule has 0 saturated heterocycles. The summed E-state index contributed by atoms with van der Waals surface area (Å²) in [5.74, 6) is 0.906. The van der Waals surface area contributed by atoms with E-state index in [0.29, 0.717) is 38.8 Å². The molecule has 166 valence electrons. The maximum absolute atomic E-state index is 14.7. The van der Waals surface area contributed by atoms with E-state index in [4.69, 9.17) is 21.1 Å². The van der Waals surface area contributed by atoms with Crippen molar-refractivity contribution in [3.63, 3.8) is 0 Å². The topological polar surface area (TPSA) is 78.3 Å². The van der Waals surface area contributed by atoms with Crippen LogP contribution in [-0.2, 0) is 4.79 Å². The number of carbonyl (C=O) groups excluding carboxylic acids is 1. The molecule has 0 bridgehead atoms. The summed E-state index contributed by atoms with van der Waals surface area (Å²) in [6.07, 6.45) is 0. The number of hydrogen-bond acceptors (Lipinski definition) is 6. The molecule has 0 unspecified atom stereocenters. The van der Waals surface area contributed by atoms with Crippen LogP contribution < -0.4 is 14.8 Å². The average Bonchev–Trinajstić information content (AvgIpc) is 3.45. The highest BCUT2D eigenvalue weighted by Gasteiger charge is 2.21. The van der Waals surface area contributed by atoms with Crippen molar-refractivity contribution in [3.05, 3.63) is 77.6 Å². The van der Waals surface area contributed by atoms with E-state index in [0.717, 1.165) is 11.8 Å². The van der Waals surface area contributed by atoms with Crippen LogP contribution in [0, 0.1) is 5.82 Å². The summed E-state index contributed by atoms with van der Waals surface area (Å²) in [6, 6.07) is 18.6. The van der Waals surface area contributed by atoms with Gasteiger partial charge in [-0.3, -0.25) is 9.36 Å². The molecule has 2 heterocycles. The first kappa shape index (κ1) is 21.3. The molecule has 0 fully saturated rings. The van der Waals surface area contributed by atoms with E-state index in [-0.39, 0.29) is 24.1 Å². The second-order valence-corrected chi connectivity index (χ2v) is 8.33. The Morgan fingerprint density at radius 3 is 2.70 bits per heavy atom. The van der Waals surface area contributed by atoms with Crippen molar-refractivity contribution in [3.8, 4) is 28.6 Å². The number of halogens is 2. The number of fused-ring (bicyclic) bond motifs is 1. The molecule has 0 spiro atoms. The molecule has 1 N–H and O–H groups in total. The summed E-state index contributed by atoms with van der Waals surface area (Å²) in [5.41, 5.74) is 1.44. The minimum atomic E-state index is -0.447. The molecule has 4 aromatic rings. The van der Waals surface area contributed by atoms with Crippen LogP contribution in [0.15, 0.2) is 71.9 Å². The van der Waals surface area contributed by atoms with Gasteiger partial charge in [0.05, 0.1) is 16.5 Å². The molecule has 5 rings (SSSR count). The fraction of sp³-hybridized carbons (Fsp3) is 0.0870. The van der Waals surface area contributed by atoms with Gasteiger partial charge in [0.2, 0.25) is 12.7 Å². The van der Waals surface area contributed by atoms with E-state index in [2.05, 4.69) is 15.5 Å². The van der Waals surface area contributed by atoms with Gasteiger partial charge in [-0.1, -0.05) is 47.6 Å². The van der Waals surface area contributed by atoms with Crippen LogP contribution in [0.2, 0.25) is 5.02 Å². The predicted octanol–water partition coefficient (Wildman–Crippen LogP) is 5.19. The highest BCUT2D eigenvalue weighted by molar-refractivity contribution is 7.99. The molecule has 0 radical (unpaired) electrons. The fourth-order valence-corrected chi connectivity index (χ4v) is 4.30. The first-order valence-corrected chi connectivity index (χ1v) is 11.2. The Hall–Kier alpha value is -3.56. The number of anilines is 1. The normalized spacial score (nSPS) is 12.1. The Kier molecular flexibility index (Phi) is 5.89. The number of ether oxygens (including phenoxy) is 2. The van der Waals surface area contributed by atoms with Crippen molar-refractivity contribution >= 4 is 35.0 Å². The largest absolute Gasteiger partial charge is 0.454 e. The van der Waals surface area contributed by atoms with E-state index in [1.165, 1.54) is 6.07 Å². The molecule has 1 aromatic heterocycles. The number of carbonyl (C=O) groups is 1. The molecule has 0 aliphatic carbocycles. The molecule has 33 heavy (non-hydrogen) atoms. The van der Waals surface area contributed by atoms with Crippen LogP contribution in [0.25, 0.3) is 17.1 Å². The number of rotatable bonds is 6. The summed E-state index contributed by atoms with van der Waals surface area (Å²) < 4.78 is 26.9. The zero-order chi connectivity index (χ0) is 22.8. The van der Waals surface area contributed by atoms with E-state index in [9.17, 15) is 9.18 Å². The van der Waals surface area contributed by atoms with Crippen LogP contribution in [0.1, 0.15) is 0 Å². The Morgan fingerprint density at radius 2 is 1.85 bits per heavy atom. The van der Waals surface area contributed by atoms with Gasteiger partial charge in [0, 0.05) is 17.3 Å². The average molecular weight is 483 g/mol. The number of nitrogens with zero attached hydrogens (tertiary/aromatic N) is 3. The zero-order valence-corrected chi connectivity index (χ0v) is 18.6. The van der Waals surface area contributed by atoms with Crippen molar-refractivity contribution in [1.29, 1.82) is 0 Å². The van der Waals surface area contributed by atoms with Gasteiger partial charge in [0.15, 0.2) is 22.5 Å². The Labute approximate surface area is 197 Å². The molecular weight excluding hydrogens is 467 g/mol. The second-order valence-electron chi connectivity index (χ2n) is 6.98. The monoisotopic (exact) mass is 482 g/mol. The summed E-state index contributed by atoms with van der Waals surface area (Å²) in [6.45, 7) is 0.155. The number of nitrogens with one attached hydrogen (secondary N) is 1. The molecule has 0 atom stereocenters. The van der Waals surface area contributed by atoms with Crippen molar-refractivity contribution < 1.29 is 18.7 Å².